The molecule has 0 N–H and O–H groups in total. The lowest BCUT2D eigenvalue weighted by atomic mass is 9.90. The fourth-order valence-corrected chi connectivity index (χ4v) is 4.94. The Bertz CT molecular complexity index is 1080. The van der Waals surface area contributed by atoms with Gasteiger partial charge >= 0.3 is 6.61 Å². The van der Waals surface area contributed by atoms with Gasteiger partial charge in [0.1, 0.15) is 5.75 Å². The molecule has 0 unspecified atom stereocenters. The molecule has 7 nitrogen and oxygen atoms in total. The fourth-order valence-electron chi connectivity index (χ4n) is 4.94. The number of fused-ring (bicyclic) bond motifs is 4. The summed E-state index contributed by atoms with van der Waals surface area (Å²) < 4.78 is 41.7. The van der Waals surface area contributed by atoms with Crippen molar-refractivity contribution in [1.82, 2.24) is 9.91 Å². The molecule has 0 radical (unpaired) electrons. The van der Waals surface area contributed by atoms with Gasteiger partial charge in [0.15, 0.2) is 11.5 Å². The summed E-state index contributed by atoms with van der Waals surface area (Å²) in [6.45, 7) is -0.131. The SMILES string of the molecule is COc1cccc2c1OC1(CCN(C(C)=O)CC1)N1N=C(c3ccc(OC(F)F)cc3)C[C@@H]21. The predicted octanol–water partition coefficient (Wildman–Crippen LogP) is 4.18. The van der Waals surface area contributed by atoms with Crippen LogP contribution in [0.15, 0.2) is 47.6 Å². The quantitative estimate of drug-likeness (QED) is 0.689. The Morgan fingerprint density at radius 3 is 2.55 bits per heavy atom. The molecule has 1 amide bonds. The first-order chi connectivity index (χ1) is 15.9. The van der Waals surface area contributed by atoms with Gasteiger partial charge in [-0.2, -0.15) is 13.9 Å². The molecule has 9 heteroatoms. The van der Waals surface area contributed by atoms with E-state index in [4.69, 9.17) is 14.6 Å². The third-order valence-electron chi connectivity index (χ3n) is 6.61. The second-order valence-corrected chi connectivity index (χ2v) is 8.45. The highest BCUT2D eigenvalue weighted by Crippen LogP contribution is 2.52. The first kappa shape index (κ1) is 21.5. The van der Waals surface area contributed by atoms with Gasteiger partial charge in [0.05, 0.1) is 18.9 Å². The summed E-state index contributed by atoms with van der Waals surface area (Å²) in [5.41, 5.74) is 1.98. The smallest absolute Gasteiger partial charge is 0.387 e. The zero-order valence-corrected chi connectivity index (χ0v) is 18.5. The first-order valence-corrected chi connectivity index (χ1v) is 10.9. The standard InChI is InChI=1S/C24H25F2N3O4/c1-15(30)28-12-10-24(11-13-28)29-20(18-4-3-5-21(31-2)22(18)33-24)14-19(27-29)16-6-8-17(9-7-16)32-23(25)26/h3-9,20,23H,10-14H2,1-2H3/t20-/m0/s1. The number of hydrogen-bond donors (Lipinski definition) is 0. The second-order valence-electron chi connectivity index (χ2n) is 8.45. The largest absolute Gasteiger partial charge is 0.493 e. The number of ether oxygens (including phenoxy) is 3. The average molecular weight is 457 g/mol. The van der Waals surface area contributed by atoms with E-state index in [0.717, 1.165) is 22.6 Å². The number of halogens is 2. The number of hydrogen-bond acceptors (Lipinski definition) is 6. The number of hydrazone groups is 1. The average Bonchev–Trinajstić information content (AvgIpc) is 3.26. The van der Waals surface area contributed by atoms with Crippen LogP contribution in [0.3, 0.4) is 0 Å². The van der Waals surface area contributed by atoms with E-state index in [1.165, 1.54) is 12.1 Å². The van der Waals surface area contributed by atoms with Crippen molar-refractivity contribution in [3.63, 3.8) is 0 Å². The molecule has 0 saturated carbocycles. The molecule has 3 aliphatic heterocycles. The van der Waals surface area contributed by atoms with Crippen LogP contribution in [0.25, 0.3) is 0 Å². The summed E-state index contributed by atoms with van der Waals surface area (Å²) >= 11 is 0. The Labute approximate surface area is 190 Å². The number of likely N-dealkylation sites (tertiary alicyclic amines) is 1. The van der Waals surface area contributed by atoms with Crippen molar-refractivity contribution >= 4 is 11.6 Å². The van der Waals surface area contributed by atoms with Gasteiger partial charge in [-0.25, -0.2) is 5.01 Å². The third-order valence-corrected chi connectivity index (χ3v) is 6.61. The lowest BCUT2D eigenvalue weighted by molar-refractivity contribution is -0.159. The summed E-state index contributed by atoms with van der Waals surface area (Å²) in [6.07, 6.45) is 1.85. The van der Waals surface area contributed by atoms with Crippen molar-refractivity contribution in [3.8, 4) is 17.2 Å². The van der Waals surface area contributed by atoms with Crippen LogP contribution >= 0.6 is 0 Å². The second kappa shape index (κ2) is 8.20. The van der Waals surface area contributed by atoms with E-state index in [1.807, 2.05) is 28.1 Å². The minimum atomic E-state index is -2.86. The predicted molar refractivity (Wildman–Crippen MR) is 117 cm³/mol. The van der Waals surface area contributed by atoms with E-state index in [2.05, 4.69) is 4.74 Å². The van der Waals surface area contributed by atoms with Gasteiger partial charge in [0, 0.05) is 44.8 Å². The van der Waals surface area contributed by atoms with Gasteiger partial charge in [0.25, 0.3) is 0 Å². The van der Waals surface area contributed by atoms with E-state index >= 15 is 0 Å². The van der Waals surface area contributed by atoms with Crippen LogP contribution in [-0.2, 0) is 4.79 Å². The highest BCUT2D eigenvalue weighted by Gasteiger charge is 2.52. The maximum absolute atomic E-state index is 12.5. The third kappa shape index (κ3) is 3.75. The summed E-state index contributed by atoms with van der Waals surface area (Å²) in [6, 6.07) is 12.3. The number of nitrogens with zero attached hydrogens (tertiary/aromatic N) is 3. The molecule has 1 fully saturated rings. The summed E-state index contributed by atoms with van der Waals surface area (Å²) in [5, 5.41) is 7.00. The van der Waals surface area contributed by atoms with E-state index < -0.39 is 12.3 Å². The molecule has 0 bridgehead atoms. The van der Waals surface area contributed by atoms with Crippen molar-refractivity contribution in [2.75, 3.05) is 20.2 Å². The molecule has 0 aliphatic carbocycles. The zero-order chi connectivity index (χ0) is 23.2. The highest BCUT2D eigenvalue weighted by atomic mass is 19.3. The number of alkyl halides is 2. The van der Waals surface area contributed by atoms with Gasteiger partial charge in [-0.3, -0.25) is 4.79 Å². The van der Waals surface area contributed by atoms with Crippen molar-refractivity contribution in [2.24, 2.45) is 5.10 Å². The molecule has 2 aromatic carbocycles. The van der Waals surface area contributed by atoms with Gasteiger partial charge in [0.2, 0.25) is 11.6 Å². The van der Waals surface area contributed by atoms with Gasteiger partial charge in [-0.1, -0.05) is 12.1 Å². The van der Waals surface area contributed by atoms with Crippen molar-refractivity contribution in [1.29, 1.82) is 0 Å². The van der Waals surface area contributed by atoms with E-state index in [1.54, 1.807) is 26.2 Å². The zero-order valence-electron chi connectivity index (χ0n) is 18.5. The number of carbonyl (C=O) groups excluding carboxylic acids is 1. The van der Waals surface area contributed by atoms with Crippen molar-refractivity contribution < 1.29 is 27.8 Å². The molecule has 3 heterocycles. The number of rotatable bonds is 4. The molecule has 174 valence electrons. The van der Waals surface area contributed by atoms with E-state index in [9.17, 15) is 13.6 Å². The van der Waals surface area contributed by atoms with Crippen molar-refractivity contribution in [3.05, 3.63) is 53.6 Å². The van der Waals surface area contributed by atoms with E-state index in [0.29, 0.717) is 38.1 Å². The first-order valence-electron chi connectivity index (χ1n) is 10.9. The minimum absolute atomic E-state index is 0.0481. The number of para-hydroxylation sites is 1. The van der Waals surface area contributed by atoms with Gasteiger partial charge in [-0.15, -0.1) is 0 Å². The maximum Gasteiger partial charge on any atom is 0.387 e. The number of benzene rings is 2. The van der Waals surface area contributed by atoms with Crippen LogP contribution in [0, 0.1) is 0 Å². The van der Waals surface area contributed by atoms with Crippen molar-refractivity contribution in [2.45, 2.75) is 44.6 Å². The molecule has 3 aliphatic rings. The van der Waals surface area contributed by atoms with Gasteiger partial charge in [-0.05, 0) is 35.9 Å². The molecule has 33 heavy (non-hydrogen) atoms. The van der Waals surface area contributed by atoms with Crippen LogP contribution in [0.2, 0.25) is 0 Å². The van der Waals surface area contributed by atoms with Crippen LogP contribution in [0.1, 0.15) is 43.4 Å². The fraction of sp³-hybridized carbons (Fsp3) is 0.417. The summed E-state index contributed by atoms with van der Waals surface area (Å²) in [7, 11) is 1.62. The van der Waals surface area contributed by atoms with Crippen LogP contribution < -0.4 is 14.2 Å². The lowest BCUT2D eigenvalue weighted by Crippen LogP contribution is -2.59. The van der Waals surface area contributed by atoms with Gasteiger partial charge < -0.3 is 19.1 Å². The normalized spacial score (nSPS) is 20.8. The summed E-state index contributed by atoms with van der Waals surface area (Å²) in [4.78, 5) is 13.7. The number of carbonyl (C=O) groups is 1. The lowest BCUT2D eigenvalue weighted by Gasteiger charge is -2.51. The molecule has 5 rings (SSSR count). The van der Waals surface area contributed by atoms with E-state index in [-0.39, 0.29) is 17.7 Å². The van der Waals surface area contributed by atoms with Crippen LogP contribution in [0.4, 0.5) is 8.78 Å². The monoisotopic (exact) mass is 457 g/mol. The van der Waals surface area contributed by atoms with Crippen LogP contribution in [-0.4, -0.2) is 54.1 Å². The van der Waals surface area contributed by atoms with Crippen LogP contribution in [0.5, 0.6) is 17.2 Å². The maximum atomic E-state index is 12.5. The summed E-state index contributed by atoms with van der Waals surface area (Å²) in [5.74, 6) is 1.54. The Kier molecular flexibility index (Phi) is 5.34. The molecule has 0 aromatic heterocycles. The molecule has 2 aromatic rings. The molecule has 1 atom stereocenters. The molecular weight excluding hydrogens is 432 g/mol. The number of methoxy groups -OCH3 is 1. The Hall–Kier alpha value is -3.36. The number of piperidine rings is 1. The number of amides is 1. The topological polar surface area (TPSA) is 63.6 Å². The minimum Gasteiger partial charge on any atom is -0.493 e. The molecular formula is C24H25F2N3O4. The molecule has 1 spiro atoms. The highest BCUT2D eigenvalue weighted by molar-refractivity contribution is 6.02. The Morgan fingerprint density at radius 2 is 1.91 bits per heavy atom. The Morgan fingerprint density at radius 1 is 1.18 bits per heavy atom. The Balaban J connectivity index is 1.51. The molecule has 1 saturated heterocycles.